The molecule has 0 saturated heterocycles. The number of aliphatic hydroxyl groups excluding tert-OH is 2. The molecule has 6 nitrogen and oxygen atoms in total. The molecule has 4 aromatic carbocycles. The van der Waals surface area contributed by atoms with Gasteiger partial charge in [0.05, 0.1) is 6.10 Å². The Morgan fingerprint density at radius 3 is 1.35 bits per heavy atom. The van der Waals surface area contributed by atoms with Crippen molar-refractivity contribution in [2.75, 3.05) is 0 Å². The van der Waals surface area contributed by atoms with Crippen LogP contribution in [0.5, 0.6) is 0 Å². The molecule has 0 amide bonds. The molecule has 0 bridgehead atoms. The van der Waals surface area contributed by atoms with Crippen LogP contribution in [0.4, 0.5) is 0 Å². The van der Waals surface area contributed by atoms with Crippen molar-refractivity contribution in [1.29, 1.82) is 0 Å². The van der Waals surface area contributed by atoms with Gasteiger partial charge in [-0.1, -0.05) is 121 Å². The van der Waals surface area contributed by atoms with Gasteiger partial charge in [0, 0.05) is 25.7 Å². The largest absolute Gasteiger partial charge is 0.390 e. The van der Waals surface area contributed by atoms with E-state index in [0.717, 1.165) is 0 Å². The number of benzene rings is 4. The van der Waals surface area contributed by atoms with Crippen LogP contribution >= 0.6 is 0 Å². The number of aldehydes is 1. The van der Waals surface area contributed by atoms with Gasteiger partial charge in [0.25, 0.3) is 0 Å². The van der Waals surface area contributed by atoms with Crippen molar-refractivity contribution in [2.45, 2.75) is 54.7 Å². The highest BCUT2D eigenvalue weighted by atomic mass is 16.4. The minimum atomic E-state index is -2.65. The summed E-state index contributed by atoms with van der Waals surface area (Å²) in [6, 6.07) is 35.0. The van der Waals surface area contributed by atoms with E-state index in [2.05, 4.69) is 0 Å². The fraction of sp³-hybridized carbons (Fsp3) is 0.265. The molecule has 0 fully saturated rings. The van der Waals surface area contributed by atoms with Gasteiger partial charge in [-0.3, -0.25) is 0 Å². The summed E-state index contributed by atoms with van der Waals surface area (Å²) in [7, 11) is 0. The van der Waals surface area contributed by atoms with E-state index >= 15 is 0 Å². The fourth-order valence-corrected chi connectivity index (χ4v) is 5.45. The van der Waals surface area contributed by atoms with Gasteiger partial charge >= 0.3 is 0 Å². The third kappa shape index (κ3) is 6.22. The first-order chi connectivity index (χ1) is 19.2. The van der Waals surface area contributed by atoms with Crippen molar-refractivity contribution in [2.24, 2.45) is 0 Å². The normalized spacial score (nSPS) is 17.5. The van der Waals surface area contributed by atoms with Crippen molar-refractivity contribution in [1.82, 2.24) is 0 Å². The Kier molecular flexibility index (Phi) is 9.30. The quantitative estimate of drug-likeness (QED) is 0.166. The van der Waals surface area contributed by atoms with Crippen LogP contribution in [-0.2, 0) is 30.5 Å². The van der Waals surface area contributed by atoms with Crippen molar-refractivity contribution in [3.05, 3.63) is 144 Å². The van der Waals surface area contributed by atoms with Crippen LogP contribution in [0.3, 0.4) is 0 Å². The number of hydrogen-bond donors (Lipinski definition) is 5. The zero-order valence-electron chi connectivity index (χ0n) is 22.3. The maximum Gasteiger partial charge on any atom is 0.155 e. The van der Waals surface area contributed by atoms with Crippen LogP contribution < -0.4 is 0 Å². The van der Waals surface area contributed by atoms with Gasteiger partial charge in [0.1, 0.15) is 17.3 Å². The average molecular weight is 541 g/mol. The van der Waals surface area contributed by atoms with Crippen molar-refractivity contribution in [3.63, 3.8) is 0 Å². The topological polar surface area (TPSA) is 118 Å². The van der Waals surface area contributed by atoms with Crippen molar-refractivity contribution in [3.8, 4) is 0 Å². The Labute approximate surface area is 234 Å². The number of hydrogen-bond acceptors (Lipinski definition) is 6. The molecule has 4 rings (SSSR count). The second kappa shape index (κ2) is 12.7. The summed E-state index contributed by atoms with van der Waals surface area (Å²) >= 11 is 0. The van der Waals surface area contributed by atoms with E-state index in [9.17, 15) is 30.3 Å². The maximum absolute atomic E-state index is 12.8. The molecule has 5 atom stereocenters. The second-order valence-electron chi connectivity index (χ2n) is 10.5. The van der Waals surface area contributed by atoms with Crippen LogP contribution in [0.25, 0.3) is 0 Å². The van der Waals surface area contributed by atoms with E-state index in [-0.39, 0.29) is 32.0 Å². The molecule has 4 aromatic rings. The minimum absolute atomic E-state index is 0.0290. The Morgan fingerprint density at radius 1 is 0.550 bits per heavy atom. The highest BCUT2D eigenvalue weighted by Crippen LogP contribution is 2.43. The summed E-state index contributed by atoms with van der Waals surface area (Å²) in [6.45, 7) is 0. The van der Waals surface area contributed by atoms with Crippen molar-refractivity contribution >= 4 is 6.29 Å². The van der Waals surface area contributed by atoms with Crippen LogP contribution in [-0.4, -0.2) is 60.8 Å². The van der Waals surface area contributed by atoms with E-state index in [4.69, 9.17) is 0 Å². The van der Waals surface area contributed by atoms with E-state index in [1.807, 2.05) is 6.07 Å². The first-order valence-corrected chi connectivity index (χ1v) is 13.4. The highest BCUT2D eigenvalue weighted by molar-refractivity contribution is 5.67. The van der Waals surface area contributed by atoms with E-state index in [1.165, 1.54) is 0 Å². The lowest BCUT2D eigenvalue weighted by Gasteiger charge is -2.53. The Balaban J connectivity index is 1.87. The summed E-state index contributed by atoms with van der Waals surface area (Å²) < 4.78 is 0. The summed E-state index contributed by atoms with van der Waals surface area (Å²) in [5.41, 5.74) is -5.47. The molecule has 0 heterocycles. The summed E-state index contributed by atoms with van der Waals surface area (Å²) in [6.07, 6.45) is -4.36. The third-order valence-corrected chi connectivity index (χ3v) is 7.70. The van der Waals surface area contributed by atoms with Gasteiger partial charge < -0.3 is 30.3 Å². The van der Waals surface area contributed by atoms with Crippen molar-refractivity contribution < 1.29 is 30.3 Å². The second-order valence-corrected chi connectivity index (χ2v) is 10.5. The van der Waals surface area contributed by atoms with E-state index < -0.39 is 29.0 Å². The summed E-state index contributed by atoms with van der Waals surface area (Å²) in [5.74, 6) is 0. The molecule has 0 aliphatic heterocycles. The number of rotatable bonds is 13. The number of carbonyl (C=O) groups excluding carboxylic acids is 1. The van der Waals surface area contributed by atoms with Crippen LogP contribution in [0.2, 0.25) is 0 Å². The molecule has 6 heteroatoms. The predicted molar refractivity (Wildman–Crippen MR) is 154 cm³/mol. The Morgan fingerprint density at radius 2 is 0.925 bits per heavy atom. The van der Waals surface area contributed by atoms with Gasteiger partial charge in [-0.2, -0.15) is 0 Å². The maximum atomic E-state index is 12.8. The highest BCUT2D eigenvalue weighted by Gasteiger charge is 2.65. The molecule has 40 heavy (non-hydrogen) atoms. The Hall–Kier alpha value is -3.65. The molecule has 1 unspecified atom stereocenters. The lowest BCUT2D eigenvalue weighted by molar-refractivity contribution is -0.273. The molecule has 0 aromatic heterocycles. The monoisotopic (exact) mass is 540 g/mol. The van der Waals surface area contributed by atoms with Gasteiger partial charge in [-0.25, -0.2) is 0 Å². The molecule has 0 aliphatic carbocycles. The average Bonchev–Trinajstić information content (AvgIpc) is 2.98. The van der Waals surface area contributed by atoms with Gasteiger partial charge in [0.15, 0.2) is 11.9 Å². The van der Waals surface area contributed by atoms with Crippen LogP contribution in [0.1, 0.15) is 22.3 Å². The third-order valence-electron chi connectivity index (χ3n) is 7.70. The summed E-state index contributed by atoms with van der Waals surface area (Å²) in [4.78, 5) is 12.8. The zero-order chi connectivity index (χ0) is 28.6. The minimum Gasteiger partial charge on any atom is -0.390 e. The lowest BCUT2D eigenvalue weighted by atomic mass is 9.61. The van der Waals surface area contributed by atoms with Crippen LogP contribution in [0.15, 0.2) is 121 Å². The van der Waals surface area contributed by atoms with Gasteiger partial charge in [0.2, 0.25) is 0 Å². The number of aliphatic hydroxyl groups is 5. The van der Waals surface area contributed by atoms with Gasteiger partial charge in [-0.15, -0.1) is 0 Å². The predicted octanol–water partition coefficient (Wildman–Crippen LogP) is 3.07. The molecule has 0 saturated carbocycles. The molecule has 0 spiro atoms. The lowest BCUT2D eigenvalue weighted by Crippen LogP contribution is -2.76. The summed E-state index contributed by atoms with van der Waals surface area (Å²) in [5, 5.41) is 60.1. The fourth-order valence-electron chi connectivity index (χ4n) is 5.45. The van der Waals surface area contributed by atoms with Gasteiger partial charge in [-0.05, 0) is 22.3 Å². The first-order valence-electron chi connectivity index (χ1n) is 13.4. The SMILES string of the molecule is O=C[C@@](O)(Cc1ccccc1)[C@](O)(Cc1ccccc1)[C@@](O)(Cc1ccccc1)[C@H](O)C(O)Cc1ccccc1. The molecular weight excluding hydrogens is 504 g/mol. The van der Waals surface area contributed by atoms with E-state index in [0.29, 0.717) is 22.3 Å². The zero-order valence-corrected chi connectivity index (χ0v) is 22.3. The first kappa shape index (κ1) is 29.3. The molecule has 5 N–H and O–H groups in total. The number of carbonyl (C=O) groups is 1. The molecule has 208 valence electrons. The standard InChI is InChI=1S/C34H36O6/c35-25-32(38,22-27-15-7-2-8-16-27)34(40,24-29-19-11-4-12-20-29)33(39,23-28-17-9-3-10-18-28)31(37)30(36)21-26-13-5-1-6-14-26/h1-20,25,30-31,36-40H,21-24H2/t30?,31-,32+,33-,34-/m1/s1. The molecule has 0 radical (unpaired) electrons. The molecular formula is C34H36O6. The van der Waals surface area contributed by atoms with E-state index in [1.54, 1.807) is 115 Å². The van der Waals surface area contributed by atoms with Crippen LogP contribution in [0, 0.1) is 0 Å². The molecule has 0 aliphatic rings. The Bertz CT molecular complexity index is 1330. The smallest absolute Gasteiger partial charge is 0.155 e.